The van der Waals surface area contributed by atoms with E-state index in [1.807, 2.05) is 0 Å². The number of aromatic nitrogens is 1. The first-order valence-corrected chi connectivity index (χ1v) is 6.18. The molecule has 0 aliphatic carbocycles. The van der Waals surface area contributed by atoms with Crippen molar-refractivity contribution in [3.05, 3.63) is 52.3 Å². The van der Waals surface area contributed by atoms with Crippen molar-refractivity contribution in [1.82, 2.24) is 4.98 Å². The van der Waals surface area contributed by atoms with E-state index < -0.39 is 17.5 Å². The van der Waals surface area contributed by atoms with Crippen LogP contribution in [0.1, 0.15) is 10.4 Å². The number of anilines is 2. The Balaban J connectivity index is 2.30. The molecule has 1 heterocycles. The van der Waals surface area contributed by atoms with Gasteiger partial charge >= 0.3 is 0 Å². The number of halogens is 3. The highest BCUT2D eigenvalue weighted by molar-refractivity contribution is 9.10. The van der Waals surface area contributed by atoms with E-state index >= 15 is 0 Å². The summed E-state index contributed by atoms with van der Waals surface area (Å²) in [7, 11) is 0. The van der Waals surface area contributed by atoms with Gasteiger partial charge in [-0.15, -0.1) is 0 Å². The summed E-state index contributed by atoms with van der Waals surface area (Å²) in [6.45, 7) is 0. The quantitative estimate of drug-likeness (QED) is 0.455. The van der Waals surface area contributed by atoms with E-state index in [2.05, 4.69) is 31.7 Å². The molecule has 1 amide bonds. The summed E-state index contributed by atoms with van der Waals surface area (Å²) >= 11 is 2.85. The lowest BCUT2D eigenvalue weighted by atomic mass is 10.2. The summed E-state index contributed by atoms with van der Waals surface area (Å²) in [6.07, 6.45) is 2.72. The summed E-state index contributed by atoms with van der Waals surface area (Å²) in [4.78, 5) is 15.8. The first kappa shape index (κ1) is 14.4. The molecule has 0 aliphatic heterocycles. The van der Waals surface area contributed by atoms with E-state index in [1.165, 1.54) is 18.5 Å². The fourth-order valence-corrected chi connectivity index (χ4v) is 1.83. The van der Waals surface area contributed by atoms with Gasteiger partial charge in [-0.25, -0.2) is 8.78 Å². The monoisotopic (exact) mass is 342 g/mol. The summed E-state index contributed by atoms with van der Waals surface area (Å²) in [5.74, 6) is 3.16. The van der Waals surface area contributed by atoms with E-state index in [0.717, 1.165) is 12.1 Å². The molecule has 5 nitrogen and oxygen atoms in total. The van der Waals surface area contributed by atoms with Gasteiger partial charge in [0.1, 0.15) is 11.6 Å². The number of nitrogens with one attached hydrogen (secondary N) is 2. The highest BCUT2D eigenvalue weighted by atomic mass is 79.9. The van der Waals surface area contributed by atoms with Gasteiger partial charge in [0.2, 0.25) is 0 Å². The molecule has 2 rings (SSSR count). The molecular formula is C12H9BrF2N4O. The molecular weight excluding hydrogens is 334 g/mol. The maximum atomic E-state index is 13.6. The zero-order valence-electron chi connectivity index (χ0n) is 9.95. The normalized spacial score (nSPS) is 10.2. The van der Waals surface area contributed by atoms with Gasteiger partial charge in [0, 0.05) is 12.3 Å². The van der Waals surface area contributed by atoms with Gasteiger partial charge in [-0.05, 0) is 28.1 Å². The van der Waals surface area contributed by atoms with E-state index in [-0.39, 0.29) is 21.4 Å². The van der Waals surface area contributed by atoms with Crippen molar-refractivity contribution in [1.29, 1.82) is 0 Å². The minimum absolute atomic E-state index is 0.0266. The third-order valence-corrected chi connectivity index (χ3v) is 3.09. The number of carbonyl (C=O) groups excluding carboxylic acids is 1. The minimum atomic E-state index is -0.761. The van der Waals surface area contributed by atoms with Gasteiger partial charge in [0.25, 0.3) is 5.91 Å². The van der Waals surface area contributed by atoms with E-state index in [4.69, 9.17) is 5.84 Å². The second kappa shape index (κ2) is 5.93. The third kappa shape index (κ3) is 2.91. The fourth-order valence-electron chi connectivity index (χ4n) is 1.52. The molecule has 0 saturated carbocycles. The predicted octanol–water partition coefficient (Wildman–Crippen LogP) is 2.66. The number of nitrogens with zero attached hydrogens (tertiary/aromatic N) is 1. The standard InChI is InChI=1S/C12H9BrF2N4O/c13-7-3-9(15)10(4-8(7)14)18-12(20)6-1-2-17-5-11(6)19-16/h1-5,19H,16H2,(H,18,20). The molecule has 0 spiro atoms. The van der Waals surface area contributed by atoms with Gasteiger partial charge in [0.15, 0.2) is 0 Å². The molecule has 0 bridgehead atoms. The van der Waals surface area contributed by atoms with Crippen LogP contribution >= 0.6 is 15.9 Å². The molecule has 20 heavy (non-hydrogen) atoms. The summed E-state index contributed by atoms with van der Waals surface area (Å²) in [5.41, 5.74) is 2.45. The van der Waals surface area contributed by atoms with Crippen molar-refractivity contribution >= 4 is 33.2 Å². The number of pyridine rings is 1. The molecule has 0 saturated heterocycles. The average molecular weight is 343 g/mol. The van der Waals surface area contributed by atoms with Crippen LogP contribution in [0.4, 0.5) is 20.2 Å². The third-order valence-electron chi connectivity index (χ3n) is 2.48. The van der Waals surface area contributed by atoms with Gasteiger partial charge in [-0.1, -0.05) is 0 Å². The van der Waals surface area contributed by atoms with Crippen LogP contribution in [0.5, 0.6) is 0 Å². The number of rotatable bonds is 3. The first-order chi connectivity index (χ1) is 9.52. The smallest absolute Gasteiger partial charge is 0.258 e. The topological polar surface area (TPSA) is 80.0 Å². The van der Waals surface area contributed by atoms with Crippen LogP contribution in [-0.2, 0) is 0 Å². The highest BCUT2D eigenvalue weighted by Crippen LogP contribution is 2.24. The first-order valence-electron chi connectivity index (χ1n) is 5.39. The Labute approximate surface area is 121 Å². The van der Waals surface area contributed by atoms with Gasteiger partial charge in [0.05, 0.1) is 27.6 Å². The van der Waals surface area contributed by atoms with Crippen LogP contribution in [0.25, 0.3) is 0 Å². The number of nitrogen functional groups attached to an aromatic ring is 1. The van der Waals surface area contributed by atoms with Crippen molar-refractivity contribution in [2.24, 2.45) is 5.84 Å². The number of hydrogen-bond acceptors (Lipinski definition) is 4. The summed E-state index contributed by atoms with van der Waals surface area (Å²) in [5, 5.41) is 2.27. The van der Waals surface area contributed by atoms with Crippen molar-refractivity contribution in [3.63, 3.8) is 0 Å². The van der Waals surface area contributed by atoms with Crippen molar-refractivity contribution < 1.29 is 13.6 Å². The Morgan fingerprint density at radius 2 is 2.00 bits per heavy atom. The molecule has 0 atom stereocenters. The Kier molecular flexibility index (Phi) is 4.26. The average Bonchev–Trinajstić information content (AvgIpc) is 2.44. The molecule has 2 aromatic rings. The zero-order chi connectivity index (χ0) is 14.7. The molecule has 8 heteroatoms. The number of amides is 1. The lowest BCUT2D eigenvalue weighted by Crippen LogP contribution is -2.18. The second-order valence-corrected chi connectivity index (χ2v) is 4.62. The Hall–Kier alpha value is -2.06. The van der Waals surface area contributed by atoms with E-state index in [9.17, 15) is 13.6 Å². The molecule has 104 valence electrons. The molecule has 0 aliphatic rings. The molecule has 0 unspecified atom stereocenters. The second-order valence-electron chi connectivity index (χ2n) is 3.77. The molecule has 1 aromatic carbocycles. The largest absolute Gasteiger partial charge is 0.322 e. The van der Waals surface area contributed by atoms with Crippen LogP contribution in [0.2, 0.25) is 0 Å². The summed E-state index contributed by atoms with van der Waals surface area (Å²) < 4.78 is 26.9. The molecule has 0 radical (unpaired) electrons. The predicted molar refractivity (Wildman–Crippen MR) is 74.1 cm³/mol. The summed E-state index contributed by atoms with van der Waals surface area (Å²) in [6, 6.07) is 3.21. The maximum Gasteiger partial charge on any atom is 0.258 e. The zero-order valence-corrected chi connectivity index (χ0v) is 11.5. The van der Waals surface area contributed by atoms with Gasteiger partial charge < -0.3 is 10.7 Å². The van der Waals surface area contributed by atoms with Crippen molar-refractivity contribution in [2.45, 2.75) is 0 Å². The highest BCUT2D eigenvalue weighted by Gasteiger charge is 2.15. The Morgan fingerprint density at radius 1 is 1.25 bits per heavy atom. The van der Waals surface area contributed by atoms with Crippen molar-refractivity contribution in [2.75, 3.05) is 10.7 Å². The number of hydrazine groups is 1. The van der Waals surface area contributed by atoms with Crippen LogP contribution < -0.4 is 16.6 Å². The number of carbonyl (C=O) groups is 1. The van der Waals surface area contributed by atoms with Crippen LogP contribution in [-0.4, -0.2) is 10.9 Å². The number of nitrogens with two attached hydrogens (primary N) is 1. The van der Waals surface area contributed by atoms with E-state index in [0.29, 0.717) is 0 Å². The van der Waals surface area contributed by atoms with Crippen LogP contribution in [0.15, 0.2) is 35.1 Å². The molecule has 4 N–H and O–H groups in total. The minimum Gasteiger partial charge on any atom is -0.322 e. The Morgan fingerprint density at radius 3 is 2.70 bits per heavy atom. The maximum absolute atomic E-state index is 13.6. The molecule has 1 aromatic heterocycles. The van der Waals surface area contributed by atoms with E-state index in [1.54, 1.807) is 0 Å². The van der Waals surface area contributed by atoms with Crippen LogP contribution in [0.3, 0.4) is 0 Å². The van der Waals surface area contributed by atoms with Crippen LogP contribution in [0, 0.1) is 11.6 Å². The number of benzene rings is 1. The SMILES string of the molecule is NNc1cnccc1C(=O)Nc1cc(F)c(Br)cc1F. The number of hydrogen-bond donors (Lipinski definition) is 3. The lowest BCUT2D eigenvalue weighted by molar-refractivity contribution is 0.102. The Bertz CT molecular complexity index is 666. The lowest BCUT2D eigenvalue weighted by Gasteiger charge is -2.10. The molecule has 0 fully saturated rings. The van der Waals surface area contributed by atoms with Crippen molar-refractivity contribution in [3.8, 4) is 0 Å². The fraction of sp³-hybridized carbons (Fsp3) is 0. The van der Waals surface area contributed by atoms with Gasteiger partial charge in [-0.2, -0.15) is 0 Å². The van der Waals surface area contributed by atoms with Gasteiger partial charge in [-0.3, -0.25) is 15.6 Å².